The van der Waals surface area contributed by atoms with Crippen molar-refractivity contribution in [3.05, 3.63) is 35.5 Å². The predicted molar refractivity (Wildman–Crippen MR) is 94.9 cm³/mol. The molecule has 0 aromatic carbocycles. The van der Waals surface area contributed by atoms with Crippen molar-refractivity contribution in [2.45, 2.75) is 59.8 Å². The van der Waals surface area contributed by atoms with E-state index in [0.29, 0.717) is 11.3 Å². The van der Waals surface area contributed by atoms with Gasteiger partial charge in [-0.05, 0) is 73.3 Å². The first kappa shape index (κ1) is 15.4. The Labute approximate surface area is 140 Å². The molecule has 2 saturated carbocycles. The van der Waals surface area contributed by atoms with Crippen molar-refractivity contribution >= 4 is 5.78 Å². The maximum absolute atomic E-state index is 11.9. The van der Waals surface area contributed by atoms with Gasteiger partial charge in [-0.25, -0.2) is 0 Å². The first-order chi connectivity index (χ1) is 10.9. The van der Waals surface area contributed by atoms with E-state index < -0.39 is 0 Å². The summed E-state index contributed by atoms with van der Waals surface area (Å²) in [5.41, 5.74) is 3.69. The summed E-state index contributed by atoms with van der Waals surface area (Å²) in [5, 5.41) is 0. The van der Waals surface area contributed by atoms with E-state index in [1.807, 2.05) is 12.2 Å². The molecule has 0 aromatic heterocycles. The zero-order valence-electron chi connectivity index (χ0n) is 15.1. The van der Waals surface area contributed by atoms with Crippen LogP contribution in [0.2, 0.25) is 0 Å². The van der Waals surface area contributed by atoms with Crippen LogP contribution in [0, 0.1) is 34.5 Å². The van der Waals surface area contributed by atoms with E-state index in [1.165, 1.54) is 37.7 Å². The van der Waals surface area contributed by atoms with E-state index in [2.05, 4.69) is 39.8 Å². The van der Waals surface area contributed by atoms with E-state index in [9.17, 15) is 4.79 Å². The second-order valence-corrected chi connectivity index (χ2v) is 8.91. The first-order valence-electron chi connectivity index (χ1n) is 9.55. The van der Waals surface area contributed by atoms with Crippen LogP contribution >= 0.6 is 0 Å². The smallest absolute Gasteiger partial charge is 0.178 e. The van der Waals surface area contributed by atoms with Gasteiger partial charge in [0.15, 0.2) is 5.78 Å². The second kappa shape index (κ2) is 4.94. The highest BCUT2D eigenvalue weighted by atomic mass is 16.1. The minimum atomic E-state index is 0.118. The molecule has 0 spiro atoms. The van der Waals surface area contributed by atoms with Crippen LogP contribution in [0.3, 0.4) is 0 Å². The summed E-state index contributed by atoms with van der Waals surface area (Å²) >= 11 is 0. The lowest BCUT2D eigenvalue weighted by molar-refractivity contribution is -0.111. The predicted octanol–water partition coefficient (Wildman–Crippen LogP) is 5.49. The average Bonchev–Trinajstić information content (AvgIpc) is 2.86. The van der Waals surface area contributed by atoms with Crippen LogP contribution in [0.5, 0.6) is 0 Å². The Morgan fingerprint density at radius 2 is 2.04 bits per heavy atom. The van der Waals surface area contributed by atoms with Gasteiger partial charge in [0.1, 0.15) is 0 Å². The van der Waals surface area contributed by atoms with Crippen molar-refractivity contribution in [3.8, 4) is 0 Å². The van der Waals surface area contributed by atoms with Gasteiger partial charge in [-0.15, -0.1) is 0 Å². The zero-order chi connectivity index (χ0) is 16.4. The van der Waals surface area contributed by atoms with Crippen molar-refractivity contribution in [3.63, 3.8) is 0 Å². The summed E-state index contributed by atoms with van der Waals surface area (Å²) in [7, 11) is 0. The molecule has 124 valence electrons. The lowest BCUT2D eigenvalue weighted by Gasteiger charge is -2.58. The lowest BCUT2D eigenvalue weighted by atomic mass is 9.46. The Bertz CT molecular complexity index is 636. The van der Waals surface area contributed by atoms with E-state index in [0.717, 1.165) is 17.8 Å². The number of hydrogen-bond acceptors (Lipinski definition) is 1. The largest absolute Gasteiger partial charge is 0.290 e. The summed E-state index contributed by atoms with van der Waals surface area (Å²) in [6, 6.07) is 0. The highest BCUT2D eigenvalue weighted by Crippen LogP contribution is 2.65. The molecule has 0 amide bonds. The van der Waals surface area contributed by atoms with E-state index in [1.54, 1.807) is 5.57 Å². The second-order valence-electron chi connectivity index (χ2n) is 8.91. The molecule has 0 aromatic rings. The molecule has 6 atom stereocenters. The molecule has 0 radical (unpaired) electrons. The number of hydrogen-bond donors (Lipinski definition) is 0. The number of carbonyl (C=O) groups excluding carboxylic acids is 1. The van der Waals surface area contributed by atoms with E-state index >= 15 is 0 Å². The van der Waals surface area contributed by atoms with Crippen LogP contribution in [0.15, 0.2) is 35.5 Å². The van der Waals surface area contributed by atoms with Crippen molar-refractivity contribution in [1.29, 1.82) is 0 Å². The molecular weight excluding hydrogens is 280 g/mol. The Balaban J connectivity index is 1.73. The Morgan fingerprint density at radius 3 is 2.78 bits per heavy atom. The van der Waals surface area contributed by atoms with Gasteiger partial charge in [0.05, 0.1) is 0 Å². The van der Waals surface area contributed by atoms with Crippen molar-refractivity contribution < 1.29 is 4.79 Å². The number of ketones is 1. The van der Waals surface area contributed by atoms with Gasteiger partial charge in [-0.3, -0.25) is 4.79 Å². The third kappa shape index (κ3) is 1.95. The molecule has 0 saturated heterocycles. The molecule has 23 heavy (non-hydrogen) atoms. The molecule has 4 aliphatic carbocycles. The summed E-state index contributed by atoms with van der Waals surface area (Å²) in [6.45, 7) is 9.62. The van der Waals surface area contributed by atoms with Gasteiger partial charge in [-0.2, -0.15) is 0 Å². The van der Waals surface area contributed by atoms with Crippen LogP contribution in [0.25, 0.3) is 0 Å². The minimum absolute atomic E-state index is 0.118. The van der Waals surface area contributed by atoms with Crippen molar-refractivity contribution in [2.24, 2.45) is 34.5 Å². The highest BCUT2D eigenvalue weighted by molar-refractivity contribution is 6.01. The van der Waals surface area contributed by atoms with Crippen molar-refractivity contribution in [1.82, 2.24) is 0 Å². The van der Waals surface area contributed by atoms with Gasteiger partial charge in [0.25, 0.3) is 0 Å². The van der Waals surface area contributed by atoms with Gasteiger partial charge < -0.3 is 0 Å². The SMILES string of the molecule is CCC1=CCC2C3CC(C)C4=CC(=O)C=CC4(C)C3CCC12C. The molecule has 6 unspecified atom stereocenters. The van der Waals surface area contributed by atoms with E-state index in [4.69, 9.17) is 0 Å². The molecular formula is C22H30O. The summed E-state index contributed by atoms with van der Waals surface area (Å²) < 4.78 is 0. The monoisotopic (exact) mass is 310 g/mol. The molecule has 1 nitrogen and oxygen atoms in total. The van der Waals surface area contributed by atoms with Crippen LogP contribution in [0.1, 0.15) is 59.8 Å². The summed E-state index contributed by atoms with van der Waals surface area (Å²) in [4.78, 5) is 11.9. The Hall–Kier alpha value is -1.11. The number of fused-ring (bicyclic) bond motifs is 5. The molecule has 0 N–H and O–H groups in total. The van der Waals surface area contributed by atoms with Crippen LogP contribution in [0.4, 0.5) is 0 Å². The quantitative estimate of drug-likeness (QED) is 0.586. The first-order valence-corrected chi connectivity index (χ1v) is 9.55. The Kier molecular flexibility index (Phi) is 3.31. The minimum Gasteiger partial charge on any atom is -0.290 e. The van der Waals surface area contributed by atoms with Gasteiger partial charge in [0, 0.05) is 5.41 Å². The molecule has 0 heterocycles. The maximum atomic E-state index is 11.9. The molecule has 1 heteroatoms. The van der Waals surface area contributed by atoms with Crippen molar-refractivity contribution in [2.75, 3.05) is 0 Å². The number of carbonyl (C=O) groups is 1. The standard InChI is InChI=1S/C22H30O/c1-5-15-6-7-18-17-12-14(2)20-13-16(23)8-10-22(20,4)19(17)9-11-21(15,18)3/h6,8,10,13-14,17-19H,5,7,9,11-12H2,1-4H3. The Morgan fingerprint density at radius 1 is 1.26 bits per heavy atom. The fourth-order valence-electron chi connectivity index (χ4n) is 6.82. The normalized spacial score (nSPS) is 48.3. The third-order valence-electron chi connectivity index (χ3n) is 8.00. The molecule has 0 aliphatic heterocycles. The van der Waals surface area contributed by atoms with Crippen LogP contribution in [-0.2, 0) is 4.79 Å². The van der Waals surface area contributed by atoms with Gasteiger partial charge >= 0.3 is 0 Å². The third-order valence-corrected chi connectivity index (χ3v) is 8.00. The van der Waals surface area contributed by atoms with Crippen LogP contribution < -0.4 is 0 Å². The number of allylic oxidation sites excluding steroid dienone is 6. The molecule has 4 aliphatic rings. The summed E-state index contributed by atoms with van der Waals surface area (Å²) in [5.74, 6) is 3.09. The topological polar surface area (TPSA) is 17.1 Å². The fraction of sp³-hybridized carbons (Fsp3) is 0.682. The van der Waals surface area contributed by atoms with Crippen LogP contribution in [-0.4, -0.2) is 5.78 Å². The highest BCUT2D eigenvalue weighted by Gasteiger charge is 2.57. The van der Waals surface area contributed by atoms with Gasteiger partial charge in [-0.1, -0.05) is 51.0 Å². The molecule has 4 rings (SSSR count). The van der Waals surface area contributed by atoms with Gasteiger partial charge in [0.2, 0.25) is 0 Å². The fourth-order valence-corrected chi connectivity index (χ4v) is 6.82. The molecule has 0 bridgehead atoms. The maximum Gasteiger partial charge on any atom is 0.178 e. The average molecular weight is 310 g/mol. The lowest BCUT2D eigenvalue weighted by Crippen LogP contribution is -2.50. The number of rotatable bonds is 1. The summed E-state index contributed by atoms with van der Waals surface area (Å²) in [6.07, 6.45) is 15.0. The zero-order valence-corrected chi connectivity index (χ0v) is 15.1. The van der Waals surface area contributed by atoms with E-state index in [-0.39, 0.29) is 11.2 Å². The molecule has 2 fully saturated rings.